The fraction of sp³-hybridized carbons (Fsp3) is 0.125. The lowest BCUT2D eigenvalue weighted by molar-refractivity contribution is 0.584. The van der Waals surface area contributed by atoms with E-state index in [1.165, 1.54) is 18.5 Å². The van der Waals surface area contributed by atoms with E-state index >= 15 is 0 Å². The summed E-state index contributed by atoms with van der Waals surface area (Å²) in [6.45, 7) is 0.180. The van der Waals surface area contributed by atoms with Crippen molar-refractivity contribution in [2.24, 2.45) is 0 Å². The van der Waals surface area contributed by atoms with Gasteiger partial charge in [-0.05, 0) is 42.5 Å². The summed E-state index contributed by atoms with van der Waals surface area (Å²) < 4.78 is 26.5. The third kappa shape index (κ3) is 4.19. The molecule has 0 amide bonds. The maximum absolute atomic E-state index is 12.0. The van der Waals surface area contributed by atoms with Crippen molar-refractivity contribution in [2.75, 3.05) is 17.7 Å². The van der Waals surface area contributed by atoms with Gasteiger partial charge in [-0.25, -0.2) is 23.1 Å². The van der Waals surface area contributed by atoms with Crippen molar-refractivity contribution in [3.63, 3.8) is 0 Å². The number of aromatic nitrogens is 2. The third-order valence-corrected chi connectivity index (χ3v) is 5.31. The first-order valence-corrected chi connectivity index (χ1v) is 9.72. The van der Waals surface area contributed by atoms with Crippen LogP contribution in [-0.2, 0) is 10.0 Å². The second-order valence-corrected chi connectivity index (χ2v) is 7.70. The predicted octanol–water partition coefficient (Wildman–Crippen LogP) is 3.54. The fourth-order valence-electron chi connectivity index (χ4n) is 2.24. The number of alkyl halides is 1. The SMILES string of the molecule is O=S(=O)(NCCCl)c1ccc(Nc2ncnc3cc(Cl)ccc23)cc1. The monoisotopic (exact) mass is 396 g/mol. The van der Waals surface area contributed by atoms with Crippen LogP contribution in [0.1, 0.15) is 0 Å². The number of halogens is 2. The van der Waals surface area contributed by atoms with Crippen LogP contribution in [0.4, 0.5) is 11.5 Å². The van der Waals surface area contributed by atoms with E-state index in [9.17, 15) is 8.42 Å². The van der Waals surface area contributed by atoms with E-state index in [1.54, 1.807) is 24.3 Å². The van der Waals surface area contributed by atoms with Crippen LogP contribution >= 0.6 is 23.2 Å². The number of hydrogen-bond acceptors (Lipinski definition) is 5. The van der Waals surface area contributed by atoms with Gasteiger partial charge in [-0.3, -0.25) is 0 Å². The maximum atomic E-state index is 12.0. The summed E-state index contributed by atoms with van der Waals surface area (Å²) in [5.74, 6) is 0.821. The van der Waals surface area contributed by atoms with Crippen LogP contribution in [0, 0.1) is 0 Å². The zero-order chi connectivity index (χ0) is 17.9. The Kier molecular flexibility index (Phi) is 5.39. The Balaban J connectivity index is 1.85. The minimum Gasteiger partial charge on any atom is -0.340 e. The molecular weight excluding hydrogens is 383 g/mol. The number of fused-ring (bicyclic) bond motifs is 1. The van der Waals surface area contributed by atoms with E-state index in [0.717, 1.165) is 10.9 Å². The van der Waals surface area contributed by atoms with Gasteiger partial charge in [0.2, 0.25) is 10.0 Å². The van der Waals surface area contributed by atoms with Crippen LogP contribution in [0.25, 0.3) is 10.9 Å². The molecule has 0 spiro atoms. The van der Waals surface area contributed by atoms with Crippen LogP contribution in [0.2, 0.25) is 5.02 Å². The molecule has 2 aromatic carbocycles. The van der Waals surface area contributed by atoms with Crippen LogP contribution in [0.3, 0.4) is 0 Å². The standard InChI is InChI=1S/C16H14Cl2N4O2S/c17-7-8-21-25(23,24)13-4-2-12(3-5-13)22-16-14-6-1-11(18)9-15(14)19-10-20-16/h1-6,9-10,21H,7-8H2,(H,19,20,22). The topological polar surface area (TPSA) is 84.0 Å². The first-order chi connectivity index (χ1) is 12.0. The average Bonchev–Trinajstić information content (AvgIpc) is 2.60. The van der Waals surface area contributed by atoms with Gasteiger partial charge in [0.15, 0.2) is 0 Å². The van der Waals surface area contributed by atoms with Gasteiger partial charge in [0, 0.05) is 28.5 Å². The van der Waals surface area contributed by atoms with Crippen LogP contribution in [0.15, 0.2) is 53.7 Å². The minimum absolute atomic E-state index is 0.169. The van der Waals surface area contributed by atoms with Gasteiger partial charge in [-0.2, -0.15) is 0 Å². The number of nitrogens with zero attached hydrogens (tertiary/aromatic N) is 2. The molecule has 0 aliphatic rings. The quantitative estimate of drug-likeness (QED) is 0.622. The van der Waals surface area contributed by atoms with Gasteiger partial charge >= 0.3 is 0 Å². The molecule has 3 rings (SSSR count). The summed E-state index contributed by atoms with van der Waals surface area (Å²) in [6, 6.07) is 11.7. The molecule has 0 fully saturated rings. The highest BCUT2D eigenvalue weighted by Gasteiger charge is 2.13. The van der Waals surface area contributed by atoms with Crippen molar-refractivity contribution >= 4 is 55.6 Å². The smallest absolute Gasteiger partial charge is 0.240 e. The molecule has 0 atom stereocenters. The Bertz CT molecular complexity index is 995. The largest absolute Gasteiger partial charge is 0.340 e. The van der Waals surface area contributed by atoms with Crippen LogP contribution in [0.5, 0.6) is 0 Å². The van der Waals surface area contributed by atoms with E-state index in [1.807, 2.05) is 6.07 Å². The fourth-order valence-corrected chi connectivity index (χ4v) is 3.64. The number of nitrogens with one attached hydrogen (secondary N) is 2. The maximum Gasteiger partial charge on any atom is 0.240 e. The third-order valence-electron chi connectivity index (χ3n) is 3.41. The molecule has 130 valence electrons. The second-order valence-electron chi connectivity index (χ2n) is 5.12. The minimum atomic E-state index is -3.55. The normalized spacial score (nSPS) is 11.6. The molecule has 6 nitrogen and oxygen atoms in total. The Labute approximate surface area is 155 Å². The van der Waals surface area contributed by atoms with Crippen molar-refractivity contribution in [1.29, 1.82) is 0 Å². The van der Waals surface area contributed by atoms with E-state index in [0.29, 0.717) is 16.5 Å². The Morgan fingerprint density at radius 1 is 1.04 bits per heavy atom. The van der Waals surface area contributed by atoms with Crippen molar-refractivity contribution in [2.45, 2.75) is 4.90 Å². The van der Waals surface area contributed by atoms with Gasteiger partial charge in [-0.1, -0.05) is 11.6 Å². The molecule has 1 aromatic heterocycles. The first kappa shape index (κ1) is 17.9. The predicted molar refractivity (Wildman–Crippen MR) is 100 cm³/mol. The lowest BCUT2D eigenvalue weighted by Gasteiger charge is -2.10. The van der Waals surface area contributed by atoms with Crippen LogP contribution < -0.4 is 10.0 Å². The van der Waals surface area contributed by atoms with Gasteiger partial charge in [0.05, 0.1) is 10.4 Å². The summed E-state index contributed by atoms with van der Waals surface area (Å²) in [7, 11) is -3.55. The molecule has 0 saturated heterocycles. The zero-order valence-electron chi connectivity index (χ0n) is 12.9. The van der Waals surface area contributed by atoms with E-state index in [4.69, 9.17) is 23.2 Å². The summed E-state index contributed by atoms with van der Waals surface area (Å²) in [5, 5.41) is 4.56. The lowest BCUT2D eigenvalue weighted by Crippen LogP contribution is -2.25. The summed E-state index contributed by atoms with van der Waals surface area (Å²) in [5.41, 5.74) is 1.42. The van der Waals surface area contributed by atoms with E-state index in [2.05, 4.69) is 20.0 Å². The van der Waals surface area contributed by atoms with Crippen molar-refractivity contribution in [3.8, 4) is 0 Å². The molecule has 0 aliphatic carbocycles. The van der Waals surface area contributed by atoms with Gasteiger partial charge in [0.1, 0.15) is 12.1 Å². The van der Waals surface area contributed by atoms with Gasteiger partial charge < -0.3 is 5.32 Å². The number of sulfonamides is 1. The number of hydrogen-bond donors (Lipinski definition) is 2. The highest BCUT2D eigenvalue weighted by molar-refractivity contribution is 7.89. The number of anilines is 2. The zero-order valence-corrected chi connectivity index (χ0v) is 15.2. The molecule has 0 unspecified atom stereocenters. The molecule has 1 heterocycles. The highest BCUT2D eigenvalue weighted by Crippen LogP contribution is 2.25. The molecule has 0 bridgehead atoms. The van der Waals surface area contributed by atoms with E-state index < -0.39 is 10.0 Å². The number of benzene rings is 2. The molecular formula is C16H14Cl2N4O2S. The van der Waals surface area contributed by atoms with Crippen molar-refractivity contribution < 1.29 is 8.42 Å². The van der Waals surface area contributed by atoms with Crippen LogP contribution in [-0.4, -0.2) is 30.8 Å². The van der Waals surface area contributed by atoms with Crippen molar-refractivity contribution in [1.82, 2.24) is 14.7 Å². The average molecular weight is 397 g/mol. The van der Waals surface area contributed by atoms with Gasteiger partial charge in [-0.15, -0.1) is 11.6 Å². The molecule has 2 N–H and O–H groups in total. The lowest BCUT2D eigenvalue weighted by atomic mass is 10.2. The van der Waals surface area contributed by atoms with E-state index in [-0.39, 0.29) is 17.3 Å². The summed E-state index contributed by atoms with van der Waals surface area (Å²) >= 11 is 11.5. The number of rotatable bonds is 6. The molecule has 9 heteroatoms. The highest BCUT2D eigenvalue weighted by atomic mass is 35.5. The summed E-state index contributed by atoms with van der Waals surface area (Å²) in [4.78, 5) is 8.59. The molecule has 0 saturated carbocycles. The van der Waals surface area contributed by atoms with Gasteiger partial charge in [0.25, 0.3) is 0 Å². The Morgan fingerprint density at radius 2 is 1.80 bits per heavy atom. The molecule has 0 radical (unpaired) electrons. The molecule has 3 aromatic rings. The Hall–Kier alpha value is -1.93. The molecule has 0 aliphatic heterocycles. The summed E-state index contributed by atoms with van der Waals surface area (Å²) in [6.07, 6.45) is 1.44. The Morgan fingerprint density at radius 3 is 2.52 bits per heavy atom. The first-order valence-electron chi connectivity index (χ1n) is 7.32. The molecule has 25 heavy (non-hydrogen) atoms. The second kappa shape index (κ2) is 7.53. The van der Waals surface area contributed by atoms with Crippen molar-refractivity contribution in [3.05, 3.63) is 53.8 Å².